The van der Waals surface area contributed by atoms with Gasteiger partial charge in [0, 0.05) is 6.42 Å². The van der Waals surface area contributed by atoms with E-state index in [4.69, 9.17) is 4.74 Å². The number of methoxy groups -OCH3 is 1. The number of hydrogen-bond donors (Lipinski definition) is 1. The summed E-state index contributed by atoms with van der Waals surface area (Å²) in [5.41, 5.74) is -0.0342. The van der Waals surface area contributed by atoms with Crippen molar-refractivity contribution in [2.75, 3.05) is 7.11 Å². The third kappa shape index (κ3) is 1.75. The number of ether oxygens (including phenoxy) is 1. The Morgan fingerprint density at radius 2 is 2.20 bits per heavy atom. The van der Waals surface area contributed by atoms with Gasteiger partial charge in [-0.05, 0) is 19.9 Å². The van der Waals surface area contributed by atoms with Crippen LogP contribution in [0.1, 0.15) is 20.3 Å². The molecule has 0 radical (unpaired) electrons. The first-order valence-corrected chi connectivity index (χ1v) is 4.79. The minimum Gasteiger partial charge on any atom is -0.497 e. The highest BCUT2D eigenvalue weighted by atomic mass is 16.5. The maximum Gasteiger partial charge on any atom is 0.205 e. The first-order valence-electron chi connectivity index (χ1n) is 4.79. The lowest BCUT2D eigenvalue weighted by atomic mass is 9.75. The number of aliphatic hydroxyl groups is 1. The summed E-state index contributed by atoms with van der Waals surface area (Å²) in [6.45, 7) is 7.29. The van der Waals surface area contributed by atoms with Gasteiger partial charge < -0.3 is 9.84 Å². The van der Waals surface area contributed by atoms with Gasteiger partial charge in [-0.15, -0.1) is 6.58 Å². The van der Waals surface area contributed by atoms with E-state index in [1.54, 1.807) is 6.08 Å². The molecule has 1 unspecified atom stereocenters. The largest absolute Gasteiger partial charge is 0.497 e. The predicted octanol–water partition coefficient (Wildman–Crippen LogP) is 1.74. The fraction of sp³-hybridized carbons (Fsp3) is 0.417. The van der Waals surface area contributed by atoms with E-state index < -0.39 is 5.60 Å². The van der Waals surface area contributed by atoms with Gasteiger partial charge in [0.05, 0.1) is 12.7 Å². The van der Waals surface area contributed by atoms with Gasteiger partial charge in [-0.2, -0.15) is 0 Å². The molecule has 0 fully saturated rings. The zero-order chi connectivity index (χ0) is 11.6. The Hall–Kier alpha value is -1.35. The van der Waals surface area contributed by atoms with Crippen LogP contribution in [-0.4, -0.2) is 23.6 Å². The molecule has 0 aromatic rings. The number of rotatable bonds is 4. The molecule has 15 heavy (non-hydrogen) atoms. The van der Waals surface area contributed by atoms with Crippen LogP contribution in [0.2, 0.25) is 0 Å². The van der Waals surface area contributed by atoms with Gasteiger partial charge in [-0.25, -0.2) is 0 Å². The number of ketones is 1. The van der Waals surface area contributed by atoms with Crippen LogP contribution in [0.5, 0.6) is 0 Å². The lowest BCUT2D eigenvalue weighted by Gasteiger charge is -2.36. The molecule has 0 spiro atoms. The Labute approximate surface area is 89.7 Å². The zero-order valence-corrected chi connectivity index (χ0v) is 9.33. The summed E-state index contributed by atoms with van der Waals surface area (Å²) < 4.78 is 5.05. The van der Waals surface area contributed by atoms with Crippen molar-refractivity contribution in [2.24, 2.45) is 0 Å². The molecular weight excluding hydrogens is 192 g/mol. The molecule has 0 heterocycles. The first-order chi connectivity index (χ1) is 6.97. The van der Waals surface area contributed by atoms with Gasteiger partial charge in [-0.1, -0.05) is 11.6 Å². The van der Waals surface area contributed by atoms with E-state index >= 15 is 0 Å². The van der Waals surface area contributed by atoms with E-state index in [2.05, 4.69) is 6.58 Å². The summed E-state index contributed by atoms with van der Waals surface area (Å²) in [4.78, 5) is 11.7. The standard InChI is InChI=1S/C12H16O3/c1-5-6-12(14)10(13)9(7-8(2)3)11(12)15-4/h5,7,14H,1,6H2,2-4H3. The summed E-state index contributed by atoms with van der Waals surface area (Å²) >= 11 is 0. The molecule has 1 N–H and O–H groups in total. The molecule has 0 saturated heterocycles. The second-order valence-electron chi connectivity index (χ2n) is 3.85. The van der Waals surface area contributed by atoms with Crippen LogP contribution in [0.15, 0.2) is 35.6 Å². The number of carbonyl (C=O) groups excluding carboxylic acids is 1. The van der Waals surface area contributed by atoms with Gasteiger partial charge in [0.2, 0.25) is 5.78 Å². The van der Waals surface area contributed by atoms with Crippen molar-refractivity contribution in [3.63, 3.8) is 0 Å². The summed E-state index contributed by atoms with van der Waals surface area (Å²) in [7, 11) is 1.45. The van der Waals surface area contributed by atoms with Crippen LogP contribution in [0.4, 0.5) is 0 Å². The molecule has 1 rings (SSSR count). The summed E-state index contributed by atoms with van der Waals surface area (Å²) in [6, 6.07) is 0. The van der Waals surface area contributed by atoms with Crippen LogP contribution in [-0.2, 0) is 9.53 Å². The van der Waals surface area contributed by atoms with Crippen LogP contribution in [0.3, 0.4) is 0 Å². The number of allylic oxidation sites excluding steroid dienone is 2. The maximum absolute atomic E-state index is 11.7. The molecule has 0 amide bonds. The van der Waals surface area contributed by atoms with Crippen molar-refractivity contribution < 1.29 is 14.6 Å². The van der Waals surface area contributed by atoms with Gasteiger partial charge >= 0.3 is 0 Å². The minimum atomic E-state index is -1.49. The van der Waals surface area contributed by atoms with Crippen LogP contribution >= 0.6 is 0 Å². The van der Waals surface area contributed by atoms with Crippen molar-refractivity contribution >= 4 is 5.78 Å². The van der Waals surface area contributed by atoms with Gasteiger partial charge in [0.25, 0.3) is 0 Å². The molecule has 1 atom stereocenters. The van der Waals surface area contributed by atoms with Crippen LogP contribution < -0.4 is 0 Å². The van der Waals surface area contributed by atoms with Crippen molar-refractivity contribution in [3.05, 3.63) is 35.6 Å². The Balaban J connectivity index is 3.12. The van der Waals surface area contributed by atoms with Crippen molar-refractivity contribution in [2.45, 2.75) is 25.9 Å². The molecule has 3 nitrogen and oxygen atoms in total. The topological polar surface area (TPSA) is 46.5 Å². The van der Waals surface area contributed by atoms with Crippen LogP contribution in [0, 0.1) is 0 Å². The Kier molecular flexibility index (Phi) is 3.15. The monoisotopic (exact) mass is 208 g/mol. The SMILES string of the molecule is C=CCC1(O)C(=O)C(C=C(C)C)=C1OC. The molecular formula is C12H16O3. The minimum absolute atomic E-state index is 0.190. The molecule has 0 aliphatic heterocycles. The second kappa shape index (κ2) is 4.03. The lowest BCUT2D eigenvalue weighted by molar-refractivity contribution is -0.138. The fourth-order valence-corrected chi connectivity index (χ4v) is 1.68. The van der Waals surface area contributed by atoms with Crippen molar-refractivity contribution in [1.82, 2.24) is 0 Å². The molecule has 0 saturated carbocycles. The Morgan fingerprint density at radius 1 is 1.60 bits per heavy atom. The Bertz CT molecular complexity index is 359. The molecule has 1 aliphatic carbocycles. The van der Waals surface area contributed by atoms with E-state index in [1.165, 1.54) is 13.2 Å². The Morgan fingerprint density at radius 3 is 2.60 bits per heavy atom. The third-order valence-electron chi connectivity index (χ3n) is 2.32. The van der Waals surface area contributed by atoms with E-state index in [-0.39, 0.29) is 12.2 Å². The van der Waals surface area contributed by atoms with Crippen LogP contribution in [0.25, 0.3) is 0 Å². The molecule has 0 aromatic heterocycles. The highest BCUT2D eigenvalue weighted by molar-refractivity contribution is 6.13. The van der Waals surface area contributed by atoms with Gasteiger partial charge in [0.1, 0.15) is 5.76 Å². The molecule has 3 heteroatoms. The molecule has 0 bridgehead atoms. The van der Waals surface area contributed by atoms with E-state index in [9.17, 15) is 9.90 Å². The molecule has 82 valence electrons. The average molecular weight is 208 g/mol. The number of hydrogen-bond acceptors (Lipinski definition) is 3. The molecule has 1 aliphatic rings. The summed E-state index contributed by atoms with van der Waals surface area (Å²) in [6.07, 6.45) is 3.42. The summed E-state index contributed by atoms with van der Waals surface area (Å²) in [5, 5.41) is 9.99. The zero-order valence-electron chi connectivity index (χ0n) is 9.33. The maximum atomic E-state index is 11.7. The molecule has 0 aromatic carbocycles. The smallest absolute Gasteiger partial charge is 0.205 e. The quantitative estimate of drug-likeness (QED) is 0.716. The predicted molar refractivity (Wildman–Crippen MR) is 58.2 cm³/mol. The van der Waals surface area contributed by atoms with Gasteiger partial charge in [0.15, 0.2) is 5.60 Å². The highest BCUT2D eigenvalue weighted by Gasteiger charge is 2.52. The number of carbonyl (C=O) groups is 1. The number of Topliss-reactive ketones (excluding diaryl/α,β-unsaturated/α-hetero) is 1. The van der Waals surface area contributed by atoms with E-state index in [0.29, 0.717) is 11.3 Å². The summed E-state index contributed by atoms with van der Waals surface area (Å²) in [5.74, 6) is 0.0500. The highest BCUT2D eigenvalue weighted by Crippen LogP contribution is 2.39. The first kappa shape index (κ1) is 11.7. The van der Waals surface area contributed by atoms with E-state index in [0.717, 1.165) is 5.57 Å². The fourth-order valence-electron chi connectivity index (χ4n) is 1.68. The van der Waals surface area contributed by atoms with Gasteiger partial charge in [-0.3, -0.25) is 4.79 Å². The second-order valence-corrected chi connectivity index (χ2v) is 3.85. The van der Waals surface area contributed by atoms with Crippen molar-refractivity contribution in [1.29, 1.82) is 0 Å². The average Bonchev–Trinajstić information content (AvgIpc) is 2.16. The van der Waals surface area contributed by atoms with Crippen molar-refractivity contribution in [3.8, 4) is 0 Å². The lowest BCUT2D eigenvalue weighted by Crippen LogP contribution is -2.50. The normalized spacial score (nSPS) is 24.7. The third-order valence-corrected chi connectivity index (χ3v) is 2.32. The van der Waals surface area contributed by atoms with E-state index in [1.807, 2.05) is 13.8 Å².